The molecule has 9 nitrogen and oxygen atoms in total. The van der Waals surface area contributed by atoms with Gasteiger partial charge >= 0.3 is 0 Å². The molecule has 4 rings (SSSR count). The number of hydrogen-bond donors (Lipinski definition) is 3. The number of nitrogens with zero attached hydrogens (tertiary/aromatic N) is 3. The number of piperidine rings is 1. The summed E-state index contributed by atoms with van der Waals surface area (Å²) in [5.74, 6) is -0.753. The van der Waals surface area contributed by atoms with Crippen molar-refractivity contribution in [3.8, 4) is 17.2 Å². The summed E-state index contributed by atoms with van der Waals surface area (Å²) >= 11 is 0. The van der Waals surface area contributed by atoms with Gasteiger partial charge in [-0.15, -0.1) is 0 Å². The van der Waals surface area contributed by atoms with E-state index >= 15 is 0 Å². The second-order valence-electron chi connectivity index (χ2n) is 7.22. The minimum absolute atomic E-state index is 0.0651. The number of fused-ring (bicyclic) bond motifs is 1. The molecule has 2 aromatic carbocycles. The van der Waals surface area contributed by atoms with E-state index in [-0.39, 0.29) is 17.2 Å². The van der Waals surface area contributed by atoms with Gasteiger partial charge in [0.25, 0.3) is 6.47 Å². The van der Waals surface area contributed by atoms with Crippen molar-refractivity contribution >= 4 is 28.9 Å². The maximum atomic E-state index is 13.9. The van der Waals surface area contributed by atoms with Gasteiger partial charge < -0.3 is 29.9 Å². The number of phenols is 2. The van der Waals surface area contributed by atoms with Crippen LogP contribution in [0.3, 0.4) is 0 Å². The Hall–Kier alpha value is -3.66. The number of anilines is 2. The molecule has 1 aliphatic heterocycles. The molecule has 0 saturated carbocycles. The molecule has 3 aromatic rings. The number of benzene rings is 2. The highest BCUT2D eigenvalue weighted by atomic mass is 19.1. The van der Waals surface area contributed by atoms with E-state index in [4.69, 9.17) is 9.53 Å². The molecule has 0 atom stereocenters. The van der Waals surface area contributed by atoms with Gasteiger partial charge in [0.05, 0.1) is 25.4 Å². The molecule has 2 heterocycles. The first-order valence-corrected chi connectivity index (χ1v) is 11.3. The van der Waals surface area contributed by atoms with E-state index in [1.807, 2.05) is 13.8 Å². The first-order chi connectivity index (χ1) is 16.9. The monoisotopic (exact) mass is 490 g/mol. The molecule has 1 aliphatic rings. The van der Waals surface area contributed by atoms with Crippen LogP contribution in [0.2, 0.25) is 0 Å². The standard InChI is InChI=1S/C15H12FN3O3.C6H13N.C2H4O2.C2H6/c1-22-13-6-10-8(5-12(13)21)15(18-7-17-10)19-9-3-2-4-11(20)14(9)16;1-7-5-3-2-4-6-7;1-4-2-3;1-2/h2-7,20-21H,1H3,(H,17,18,19);2-6H2,1H3;2H,1H3;1-2H3. The molecular formula is C25H35FN4O5. The van der Waals surface area contributed by atoms with E-state index in [0.29, 0.717) is 23.2 Å². The number of aromatic nitrogens is 2. The van der Waals surface area contributed by atoms with E-state index < -0.39 is 11.6 Å². The number of aromatic hydroxyl groups is 2. The van der Waals surface area contributed by atoms with Gasteiger partial charge in [-0.3, -0.25) is 4.79 Å². The van der Waals surface area contributed by atoms with Crippen molar-refractivity contribution in [3.63, 3.8) is 0 Å². The van der Waals surface area contributed by atoms with Gasteiger partial charge in [-0.25, -0.2) is 14.4 Å². The SMILES string of the molecule is CC.CN1CCCCC1.COC=O.COc1cc2ncnc(Nc3cccc(O)c3F)c2cc1O. The van der Waals surface area contributed by atoms with Gasteiger partial charge in [0.1, 0.15) is 12.1 Å². The Morgan fingerprint density at radius 2 is 1.71 bits per heavy atom. The van der Waals surface area contributed by atoms with E-state index in [1.165, 1.54) is 77.2 Å². The molecule has 1 saturated heterocycles. The number of methoxy groups -OCH3 is 2. The normalized spacial score (nSPS) is 12.5. The molecule has 192 valence electrons. The predicted molar refractivity (Wildman–Crippen MR) is 135 cm³/mol. The van der Waals surface area contributed by atoms with Gasteiger partial charge in [0.2, 0.25) is 0 Å². The Bertz CT molecular complexity index is 1050. The molecule has 10 heteroatoms. The maximum absolute atomic E-state index is 13.9. The lowest BCUT2D eigenvalue weighted by Gasteiger charge is -2.20. The van der Waals surface area contributed by atoms with Crippen molar-refractivity contribution < 1.29 is 28.9 Å². The summed E-state index contributed by atoms with van der Waals surface area (Å²) in [4.78, 5) is 19.5. The van der Waals surface area contributed by atoms with Crippen LogP contribution >= 0.6 is 0 Å². The fraction of sp³-hybridized carbons (Fsp3) is 0.400. The van der Waals surface area contributed by atoms with Crippen molar-refractivity contribution in [1.29, 1.82) is 0 Å². The fourth-order valence-electron chi connectivity index (χ4n) is 3.13. The Labute approximate surface area is 205 Å². The number of carbonyl (C=O) groups is 1. The molecule has 0 aliphatic carbocycles. The summed E-state index contributed by atoms with van der Waals surface area (Å²) in [6.07, 6.45) is 5.58. The van der Waals surface area contributed by atoms with Gasteiger partial charge in [-0.05, 0) is 51.2 Å². The first-order valence-electron chi connectivity index (χ1n) is 11.3. The number of halogens is 1. The lowest BCUT2D eigenvalue weighted by molar-refractivity contribution is -0.126. The van der Waals surface area contributed by atoms with Crippen LogP contribution < -0.4 is 10.1 Å². The molecule has 1 aromatic heterocycles. The quantitative estimate of drug-likeness (QED) is 0.441. The molecule has 0 bridgehead atoms. The largest absolute Gasteiger partial charge is 0.505 e. The molecule has 0 radical (unpaired) electrons. The van der Waals surface area contributed by atoms with Crippen LogP contribution in [-0.4, -0.2) is 65.9 Å². The lowest BCUT2D eigenvalue weighted by Crippen LogP contribution is -2.24. The van der Waals surface area contributed by atoms with Crippen molar-refractivity contribution in [2.75, 3.05) is 39.7 Å². The summed E-state index contributed by atoms with van der Waals surface area (Å²) in [5, 5.41) is 22.5. The summed E-state index contributed by atoms with van der Waals surface area (Å²) < 4.78 is 22.7. The zero-order valence-corrected chi connectivity index (χ0v) is 20.9. The topological polar surface area (TPSA) is 117 Å². The summed E-state index contributed by atoms with van der Waals surface area (Å²) in [6, 6.07) is 7.19. The second kappa shape index (κ2) is 16.0. The number of carbonyl (C=O) groups excluding carboxylic acids is 1. The van der Waals surface area contributed by atoms with Crippen LogP contribution in [0, 0.1) is 5.82 Å². The number of ether oxygens (including phenoxy) is 2. The summed E-state index contributed by atoms with van der Waals surface area (Å²) in [5.41, 5.74) is 0.586. The van der Waals surface area contributed by atoms with Gasteiger partial charge in [-0.2, -0.15) is 0 Å². The minimum atomic E-state index is -0.785. The Kier molecular flexibility index (Phi) is 13.5. The van der Waals surface area contributed by atoms with E-state index in [0.717, 1.165) is 0 Å². The number of phenolic OH excluding ortho intramolecular Hbond substituents is 2. The third-order valence-corrected chi connectivity index (χ3v) is 4.84. The fourth-order valence-corrected chi connectivity index (χ4v) is 3.13. The van der Waals surface area contributed by atoms with Crippen LogP contribution in [0.5, 0.6) is 17.2 Å². The number of nitrogens with one attached hydrogen (secondary N) is 1. The Balaban J connectivity index is 0.000000389. The smallest absolute Gasteiger partial charge is 0.292 e. The molecule has 0 spiro atoms. The predicted octanol–water partition coefficient (Wildman–Crippen LogP) is 4.85. The molecule has 3 N–H and O–H groups in total. The van der Waals surface area contributed by atoms with E-state index in [9.17, 15) is 14.6 Å². The average molecular weight is 491 g/mol. The minimum Gasteiger partial charge on any atom is -0.505 e. The van der Waals surface area contributed by atoms with Gasteiger partial charge in [0, 0.05) is 11.5 Å². The Morgan fingerprint density at radius 1 is 1.06 bits per heavy atom. The van der Waals surface area contributed by atoms with Crippen molar-refractivity contribution in [1.82, 2.24) is 14.9 Å². The number of rotatable bonds is 4. The number of likely N-dealkylation sites (tertiary alicyclic amines) is 1. The Morgan fingerprint density at radius 3 is 2.26 bits per heavy atom. The van der Waals surface area contributed by atoms with E-state index in [2.05, 4.69) is 32.0 Å². The highest BCUT2D eigenvalue weighted by Gasteiger charge is 2.12. The van der Waals surface area contributed by atoms with Gasteiger partial charge in [0.15, 0.2) is 23.1 Å². The molecular weight excluding hydrogens is 455 g/mol. The van der Waals surface area contributed by atoms with Crippen LogP contribution in [0.25, 0.3) is 10.9 Å². The zero-order chi connectivity index (χ0) is 26.2. The summed E-state index contributed by atoms with van der Waals surface area (Å²) in [7, 11) is 4.94. The first kappa shape index (κ1) is 29.4. The molecule has 35 heavy (non-hydrogen) atoms. The van der Waals surface area contributed by atoms with Crippen LogP contribution in [0.15, 0.2) is 36.7 Å². The second-order valence-corrected chi connectivity index (χ2v) is 7.22. The van der Waals surface area contributed by atoms with Crippen LogP contribution in [-0.2, 0) is 9.53 Å². The van der Waals surface area contributed by atoms with Crippen molar-refractivity contribution in [2.45, 2.75) is 33.1 Å². The highest BCUT2D eigenvalue weighted by Crippen LogP contribution is 2.34. The van der Waals surface area contributed by atoms with E-state index in [1.54, 1.807) is 6.07 Å². The van der Waals surface area contributed by atoms with Crippen molar-refractivity contribution in [3.05, 3.63) is 42.5 Å². The third-order valence-electron chi connectivity index (χ3n) is 4.84. The molecule has 0 amide bonds. The molecule has 1 fully saturated rings. The average Bonchev–Trinajstić information content (AvgIpc) is 2.89. The zero-order valence-electron chi connectivity index (χ0n) is 20.9. The van der Waals surface area contributed by atoms with Crippen LogP contribution in [0.1, 0.15) is 33.1 Å². The van der Waals surface area contributed by atoms with Gasteiger partial charge in [-0.1, -0.05) is 26.3 Å². The summed E-state index contributed by atoms with van der Waals surface area (Å²) in [6.45, 7) is 7.01. The molecule has 0 unspecified atom stereocenters. The highest BCUT2D eigenvalue weighted by molar-refractivity contribution is 5.93. The third kappa shape index (κ3) is 9.24. The van der Waals surface area contributed by atoms with Crippen molar-refractivity contribution in [2.24, 2.45) is 0 Å². The maximum Gasteiger partial charge on any atom is 0.292 e. The number of hydrogen-bond acceptors (Lipinski definition) is 9. The van der Waals surface area contributed by atoms with Crippen LogP contribution in [0.4, 0.5) is 15.9 Å². The lowest BCUT2D eigenvalue weighted by atomic mass is 10.1.